The predicted molar refractivity (Wildman–Crippen MR) is 204 cm³/mol. The summed E-state index contributed by atoms with van der Waals surface area (Å²) >= 11 is 0. The normalized spacial score (nSPS) is 11.7. The molecule has 0 radical (unpaired) electrons. The van der Waals surface area contributed by atoms with Crippen molar-refractivity contribution >= 4 is 71.7 Å². The second-order valence-corrected chi connectivity index (χ2v) is 12.5. The van der Waals surface area contributed by atoms with Crippen LogP contribution in [-0.4, -0.2) is 0 Å². The monoisotopic (exact) mass is 627 g/mol. The molecule has 0 aliphatic carbocycles. The van der Waals surface area contributed by atoms with Gasteiger partial charge in [0.2, 0.25) is 0 Å². The van der Waals surface area contributed by atoms with E-state index in [1.165, 1.54) is 22.3 Å². The van der Waals surface area contributed by atoms with Crippen molar-refractivity contribution < 1.29 is 8.83 Å². The Morgan fingerprint density at radius 3 is 1.76 bits per heavy atom. The Kier molecular flexibility index (Phi) is 6.18. The van der Waals surface area contributed by atoms with Gasteiger partial charge in [-0.05, 0) is 93.7 Å². The molecule has 0 unspecified atom stereocenters. The maximum Gasteiger partial charge on any atom is 0.137 e. The number of para-hydroxylation sites is 2. The van der Waals surface area contributed by atoms with Crippen molar-refractivity contribution in [2.75, 3.05) is 4.90 Å². The molecule has 0 saturated carbocycles. The van der Waals surface area contributed by atoms with Gasteiger partial charge in [0.25, 0.3) is 0 Å². The molecule has 0 bridgehead atoms. The molecule has 10 rings (SSSR count). The molecule has 0 saturated heterocycles. The summed E-state index contributed by atoms with van der Waals surface area (Å²) in [7, 11) is 0. The second-order valence-electron chi connectivity index (χ2n) is 12.5. The van der Waals surface area contributed by atoms with Crippen LogP contribution in [0.25, 0.3) is 76.9 Å². The zero-order valence-corrected chi connectivity index (χ0v) is 26.5. The predicted octanol–water partition coefficient (Wildman–Crippen LogP) is 13.4. The van der Waals surface area contributed by atoms with E-state index < -0.39 is 0 Å². The number of fused-ring (bicyclic) bond motifs is 7. The lowest BCUT2D eigenvalue weighted by Crippen LogP contribution is -2.10. The summed E-state index contributed by atoms with van der Waals surface area (Å²) in [5, 5.41) is 6.70. The molecule has 49 heavy (non-hydrogen) atoms. The summed E-state index contributed by atoms with van der Waals surface area (Å²) in [4.78, 5) is 2.38. The number of furan rings is 2. The third-order valence-electron chi connectivity index (χ3n) is 9.63. The minimum Gasteiger partial charge on any atom is -0.456 e. The van der Waals surface area contributed by atoms with Crippen molar-refractivity contribution in [3.05, 3.63) is 176 Å². The van der Waals surface area contributed by atoms with Gasteiger partial charge >= 0.3 is 0 Å². The highest BCUT2D eigenvalue weighted by atomic mass is 16.3. The topological polar surface area (TPSA) is 29.5 Å². The fraction of sp³-hybridized carbons (Fsp3) is 0. The molecule has 2 heterocycles. The summed E-state index contributed by atoms with van der Waals surface area (Å²) in [5.74, 6) is 0. The molecule has 0 N–H and O–H groups in total. The van der Waals surface area contributed by atoms with Gasteiger partial charge < -0.3 is 13.7 Å². The molecule has 0 atom stereocenters. The lowest BCUT2D eigenvalue weighted by atomic mass is 9.93. The van der Waals surface area contributed by atoms with Crippen LogP contribution in [0.15, 0.2) is 185 Å². The van der Waals surface area contributed by atoms with Crippen LogP contribution in [0.5, 0.6) is 0 Å². The van der Waals surface area contributed by atoms with Crippen molar-refractivity contribution in [1.29, 1.82) is 0 Å². The van der Waals surface area contributed by atoms with Crippen LogP contribution in [0.2, 0.25) is 0 Å². The standard InChI is InChI=1S/C46H29NO2/c1-3-12-30(13-4-1)36-25-24-35(29-39(36)31-14-5-2-6-15-31)47(41-18-11-21-44-46(41)38-17-8-10-20-43(38)48-44)34-23-22-32-28-45-40(27-33(32)26-34)37-16-7-9-19-42(37)49-45/h1-29H. The number of nitrogens with zero attached hydrogens (tertiary/aromatic N) is 1. The number of rotatable bonds is 5. The van der Waals surface area contributed by atoms with E-state index in [2.05, 4.69) is 157 Å². The Hall–Kier alpha value is -6.58. The van der Waals surface area contributed by atoms with E-state index in [9.17, 15) is 0 Å². The van der Waals surface area contributed by atoms with Crippen LogP contribution < -0.4 is 4.90 Å². The van der Waals surface area contributed by atoms with Crippen molar-refractivity contribution in [1.82, 2.24) is 0 Å². The first kappa shape index (κ1) is 27.5. The van der Waals surface area contributed by atoms with Gasteiger partial charge in [0.1, 0.15) is 22.3 Å². The lowest BCUT2D eigenvalue weighted by Gasteiger charge is -2.28. The van der Waals surface area contributed by atoms with Crippen molar-refractivity contribution in [2.24, 2.45) is 0 Å². The molecular weight excluding hydrogens is 599 g/mol. The van der Waals surface area contributed by atoms with Crippen LogP contribution in [0.1, 0.15) is 0 Å². The van der Waals surface area contributed by atoms with E-state index in [4.69, 9.17) is 8.83 Å². The zero-order chi connectivity index (χ0) is 32.3. The average molecular weight is 628 g/mol. The van der Waals surface area contributed by atoms with E-state index >= 15 is 0 Å². The highest BCUT2D eigenvalue weighted by Gasteiger charge is 2.21. The van der Waals surface area contributed by atoms with Crippen LogP contribution in [0.4, 0.5) is 17.1 Å². The van der Waals surface area contributed by atoms with Crippen molar-refractivity contribution in [3.8, 4) is 22.3 Å². The SMILES string of the molecule is c1ccc(-c2ccc(N(c3ccc4cc5oc6ccccc6c5cc4c3)c3cccc4oc5ccccc5c34)cc2-c2ccccc2)cc1. The first-order valence-electron chi connectivity index (χ1n) is 16.6. The van der Waals surface area contributed by atoms with Crippen molar-refractivity contribution in [2.45, 2.75) is 0 Å². The molecule has 10 aromatic rings. The molecule has 8 aromatic carbocycles. The molecular formula is C46H29NO2. The maximum atomic E-state index is 6.40. The van der Waals surface area contributed by atoms with Gasteiger partial charge in [0, 0.05) is 27.5 Å². The third kappa shape index (κ3) is 4.51. The fourth-order valence-corrected chi connectivity index (χ4v) is 7.36. The Labute approximate surface area is 282 Å². The first-order valence-corrected chi connectivity index (χ1v) is 16.6. The summed E-state index contributed by atoms with van der Waals surface area (Å²) in [6, 6.07) is 62.2. The smallest absolute Gasteiger partial charge is 0.137 e. The van der Waals surface area contributed by atoms with E-state index in [1.807, 2.05) is 24.3 Å². The van der Waals surface area contributed by atoms with Gasteiger partial charge in [-0.25, -0.2) is 0 Å². The zero-order valence-electron chi connectivity index (χ0n) is 26.5. The number of benzene rings is 8. The first-order chi connectivity index (χ1) is 24.3. The van der Waals surface area contributed by atoms with Crippen LogP contribution in [-0.2, 0) is 0 Å². The van der Waals surface area contributed by atoms with E-state index in [0.29, 0.717) is 0 Å². The quantitative estimate of drug-likeness (QED) is 0.190. The second kappa shape index (κ2) is 11.0. The molecule has 3 heteroatoms. The van der Waals surface area contributed by atoms with E-state index in [-0.39, 0.29) is 0 Å². The minimum atomic E-state index is 0.861. The maximum absolute atomic E-state index is 6.40. The Balaban J connectivity index is 1.25. The third-order valence-corrected chi connectivity index (χ3v) is 9.63. The van der Waals surface area contributed by atoms with Gasteiger partial charge in [-0.15, -0.1) is 0 Å². The van der Waals surface area contributed by atoms with Crippen LogP contribution >= 0.6 is 0 Å². The summed E-state index contributed by atoms with van der Waals surface area (Å²) in [5.41, 5.74) is 11.4. The van der Waals surface area contributed by atoms with Gasteiger partial charge in [-0.2, -0.15) is 0 Å². The number of anilines is 3. The molecule has 3 nitrogen and oxygen atoms in total. The summed E-state index contributed by atoms with van der Waals surface area (Å²) < 4.78 is 12.6. The van der Waals surface area contributed by atoms with Gasteiger partial charge in [0.05, 0.1) is 11.1 Å². The lowest BCUT2D eigenvalue weighted by molar-refractivity contribution is 0.668. The summed E-state index contributed by atoms with van der Waals surface area (Å²) in [6.45, 7) is 0. The Bertz CT molecular complexity index is 2830. The van der Waals surface area contributed by atoms with E-state index in [1.54, 1.807) is 0 Å². The Morgan fingerprint density at radius 2 is 0.959 bits per heavy atom. The van der Waals surface area contributed by atoms with Crippen LogP contribution in [0.3, 0.4) is 0 Å². The molecule has 0 amide bonds. The fourth-order valence-electron chi connectivity index (χ4n) is 7.36. The van der Waals surface area contributed by atoms with Gasteiger partial charge in [-0.3, -0.25) is 0 Å². The number of hydrogen-bond donors (Lipinski definition) is 0. The minimum absolute atomic E-state index is 0.861. The molecule has 0 aliphatic rings. The highest BCUT2D eigenvalue weighted by molar-refractivity contribution is 6.14. The largest absolute Gasteiger partial charge is 0.456 e. The van der Waals surface area contributed by atoms with Gasteiger partial charge in [-0.1, -0.05) is 115 Å². The highest BCUT2D eigenvalue weighted by Crippen LogP contribution is 2.46. The van der Waals surface area contributed by atoms with Crippen LogP contribution in [0, 0.1) is 0 Å². The molecule has 0 spiro atoms. The van der Waals surface area contributed by atoms with Gasteiger partial charge in [0.15, 0.2) is 0 Å². The molecule has 0 aliphatic heterocycles. The molecule has 2 aromatic heterocycles. The van der Waals surface area contributed by atoms with E-state index in [0.717, 1.165) is 71.7 Å². The summed E-state index contributed by atoms with van der Waals surface area (Å²) in [6.07, 6.45) is 0. The average Bonchev–Trinajstić information content (AvgIpc) is 3.73. The Morgan fingerprint density at radius 1 is 0.347 bits per heavy atom. The molecule has 0 fully saturated rings. The molecule has 230 valence electrons. The van der Waals surface area contributed by atoms with Crippen molar-refractivity contribution in [3.63, 3.8) is 0 Å². The number of hydrogen-bond acceptors (Lipinski definition) is 3.